The lowest BCUT2D eigenvalue weighted by Gasteiger charge is -2.31. The van der Waals surface area contributed by atoms with Gasteiger partial charge in [0, 0.05) is 13.1 Å². The Morgan fingerprint density at radius 3 is 2.67 bits per heavy atom. The van der Waals surface area contributed by atoms with Gasteiger partial charge in [-0.1, -0.05) is 0 Å². The number of urea groups is 1. The molecule has 0 spiro atoms. The number of amides is 2. The van der Waals surface area contributed by atoms with Crippen molar-refractivity contribution in [2.24, 2.45) is 5.92 Å². The van der Waals surface area contributed by atoms with Crippen molar-refractivity contribution in [1.82, 2.24) is 10.2 Å². The summed E-state index contributed by atoms with van der Waals surface area (Å²) < 4.78 is 4.49. The van der Waals surface area contributed by atoms with Gasteiger partial charge in [-0.3, -0.25) is 4.79 Å². The molecule has 1 aliphatic rings. The predicted octanol–water partition coefficient (Wildman–Crippen LogP) is 0.0541. The lowest BCUT2D eigenvalue weighted by molar-refractivity contribution is -0.144. The van der Waals surface area contributed by atoms with Crippen molar-refractivity contribution in [3.05, 3.63) is 0 Å². The zero-order valence-corrected chi connectivity index (χ0v) is 10.5. The van der Waals surface area contributed by atoms with Crippen molar-refractivity contribution >= 4 is 18.0 Å². The third-order valence-electron chi connectivity index (χ3n) is 2.95. The molecule has 18 heavy (non-hydrogen) atoms. The van der Waals surface area contributed by atoms with Gasteiger partial charge in [0.1, 0.15) is 6.04 Å². The number of nitrogens with one attached hydrogen (secondary N) is 1. The predicted molar refractivity (Wildman–Crippen MR) is 61.9 cm³/mol. The van der Waals surface area contributed by atoms with E-state index >= 15 is 0 Å². The van der Waals surface area contributed by atoms with Gasteiger partial charge in [0.05, 0.1) is 13.0 Å². The van der Waals surface area contributed by atoms with Gasteiger partial charge in [0.15, 0.2) is 0 Å². The fourth-order valence-electron chi connectivity index (χ4n) is 1.88. The molecular formula is C11H18N2O5. The van der Waals surface area contributed by atoms with Crippen molar-refractivity contribution in [2.75, 3.05) is 20.2 Å². The molecule has 1 saturated heterocycles. The normalized spacial score (nSPS) is 21.0. The molecule has 7 nitrogen and oxygen atoms in total. The number of likely N-dealkylation sites (tertiary alicyclic amines) is 1. The first kappa shape index (κ1) is 14.3. The summed E-state index contributed by atoms with van der Waals surface area (Å²) in [6.07, 6.45) is 1.22. The molecule has 1 unspecified atom stereocenters. The highest BCUT2D eigenvalue weighted by Gasteiger charge is 2.29. The van der Waals surface area contributed by atoms with Gasteiger partial charge in [-0.05, 0) is 19.8 Å². The Labute approximate surface area is 105 Å². The molecule has 2 N–H and O–H groups in total. The number of hydrogen-bond acceptors (Lipinski definition) is 4. The Morgan fingerprint density at radius 1 is 1.44 bits per heavy atom. The van der Waals surface area contributed by atoms with E-state index in [0.717, 1.165) is 0 Å². The molecule has 102 valence electrons. The number of methoxy groups -OCH3 is 1. The average molecular weight is 258 g/mol. The number of hydrogen-bond donors (Lipinski definition) is 2. The number of carboxylic acids is 1. The number of ether oxygens (including phenoxy) is 1. The minimum Gasteiger partial charge on any atom is -0.481 e. The van der Waals surface area contributed by atoms with Crippen molar-refractivity contribution in [3.63, 3.8) is 0 Å². The standard InChI is InChI=1S/C11H18N2O5/c1-7(10(16)18-2)12-11(17)13-5-3-4-8(6-13)9(14)15/h7-8H,3-6H2,1-2H3,(H,12,17)(H,14,15)/t7?,8-/m0/s1. The molecule has 1 rings (SSSR count). The second kappa shape index (κ2) is 6.23. The number of nitrogens with zero attached hydrogens (tertiary/aromatic N) is 1. The topological polar surface area (TPSA) is 95.9 Å². The van der Waals surface area contributed by atoms with E-state index in [4.69, 9.17) is 5.11 Å². The van der Waals surface area contributed by atoms with E-state index in [1.54, 1.807) is 0 Å². The SMILES string of the molecule is COC(=O)C(C)NC(=O)N1CCC[C@H](C(=O)O)C1. The minimum absolute atomic E-state index is 0.176. The molecule has 0 saturated carbocycles. The highest BCUT2D eigenvalue weighted by Crippen LogP contribution is 2.16. The molecule has 2 amide bonds. The second-order valence-corrected chi connectivity index (χ2v) is 4.32. The third-order valence-corrected chi connectivity index (χ3v) is 2.95. The largest absolute Gasteiger partial charge is 0.481 e. The zero-order valence-electron chi connectivity index (χ0n) is 10.5. The number of esters is 1. The summed E-state index contributed by atoms with van der Waals surface area (Å²) >= 11 is 0. The van der Waals surface area contributed by atoms with Crippen LogP contribution in [0.15, 0.2) is 0 Å². The van der Waals surface area contributed by atoms with Gasteiger partial charge < -0.3 is 20.1 Å². The van der Waals surface area contributed by atoms with Crippen LogP contribution in [0, 0.1) is 5.92 Å². The van der Waals surface area contributed by atoms with Crippen LogP contribution in [-0.2, 0) is 14.3 Å². The van der Waals surface area contributed by atoms with E-state index < -0.39 is 29.9 Å². The van der Waals surface area contributed by atoms with E-state index in [2.05, 4.69) is 10.1 Å². The monoisotopic (exact) mass is 258 g/mol. The highest BCUT2D eigenvalue weighted by atomic mass is 16.5. The van der Waals surface area contributed by atoms with Gasteiger partial charge in [0.2, 0.25) is 0 Å². The molecule has 1 aliphatic heterocycles. The lowest BCUT2D eigenvalue weighted by atomic mass is 9.99. The van der Waals surface area contributed by atoms with Crippen molar-refractivity contribution in [2.45, 2.75) is 25.8 Å². The van der Waals surface area contributed by atoms with Crippen molar-refractivity contribution in [1.29, 1.82) is 0 Å². The molecule has 0 aromatic heterocycles. The number of rotatable bonds is 3. The van der Waals surface area contributed by atoms with Crippen LogP contribution >= 0.6 is 0 Å². The third kappa shape index (κ3) is 3.61. The number of carboxylic acid groups (broad SMARTS) is 1. The fraction of sp³-hybridized carbons (Fsp3) is 0.727. The van der Waals surface area contributed by atoms with Crippen LogP contribution < -0.4 is 5.32 Å². The Hall–Kier alpha value is -1.79. The summed E-state index contributed by atoms with van der Waals surface area (Å²) in [5.74, 6) is -1.96. The zero-order chi connectivity index (χ0) is 13.7. The van der Waals surface area contributed by atoms with Crippen molar-refractivity contribution in [3.8, 4) is 0 Å². The Morgan fingerprint density at radius 2 is 2.11 bits per heavy atom. The molecular weight excluding hydrogens is 240 g/mol. The van der Waals surface area contributed by atoms with Gasteiger partial charge >= 0.3 is 18.0 Å². The summed E-state index contributed by atoms with van der Waals surface area (Å²) in [7, 11) is 1.24. The number of carbonyl (C=O) groups excluding carboxylic acids is 2. The molecule has 7 heteroatoms. The summed E-state index contributed by atoms with van der Waals surface area (Å²) in [6.45, 7) is 2.20. The van der Waals surface area contributed by atoms with Crippen LogP contribution in [-0.4, -0.2) is 54.2 Å². The molecule has 1 fully saturated rings. The maximum Gasteiger partial charge on any atom is 0.328 e. The van der Waals surface area contributed by atoms with Crippen LogP contribution in [0.2, 0.25) is 0 Å². The Bertz CT molecular complexity index is 344. The first-order valence-electron chi connectivity index (χ1n) is 5.81. The summed E-state index contributed by atoms with van der Waals surface area (Å²) in [6, 6.07) is -1.17. The van der Waals surface area contributed by atoms with Crippen LogP contribution in [0.3, 0.4) is 0 Å². The molecule has 0 radical (unpaired) electrons. The number of piperidine rings is 1. The van der Waals surface area contributed by atoms with Crippen LogP contribution in [0.4, 0.5) is 4.79 Å². The van der Waals surface area contributed by atoms with Crippen LogP contribution in [0.1, 0.15) is 19.8 Å². The van der Waals surface area contributed by atoms with Crippen LogP contribution in [0.5, 0.6) is 0 Å². The van der Waals surface area contributed by atoms with Crippen LogP contribution in [0.25, 0.3) is 0 Å². The second-order valence-electron chi connectivity index (χ2n) is 4.32. The fourth-order valence-corrected chi connectivity index (χ4v) is 1.88. The van der Waals surface area contributed by atoms with Gasteiger partial charge in [-0.2, -0.15) is 0 Å². The maximum atomic E-state index is 11.8. The quantitative estimate of drug-likeness (QED) is 0.697. The van der Waals surface area contributed by atoms with Gasteiger partial charge in [-0.25, -0.2) is 9.59 Å². The minimum atomic E-state index is -0.895. The molecule has 1 heterocycles. The lowest BCUT2D eigenvalue weighted by Crippen LogP contribution is -2.51. The maximum absolute atomic E-state index is 11.8. The van der Waals surface area contributed by atoms with Gasteiger partial charge in [0.25, 0.3) is 0 Å². The molecule has 0 aromatic rings. The molecule has 0 aliphatic carbocycles. The Balaban J connectivity index is 2.51. The first-order valence-corrected chi connectivity index (χ1v) is 5.81. The van der Waals surface area contributed by atoms with Crippen molar-refractivity contribution < 1.29 is 24.2 Å². The summed E-state index contributed by atoms with van der Waals surface area (Å²) in [5, 5.41) is 11.4. The van der Waals surface area contributed by atoms with E-state index in [9.17, 15) is 14.4 Å². The molecule has 2 atom stereocenters. The first-order chi connectivity index (χ1) is 8.45. The molecule has 0 bridgehead atoms. The van der Waals surface area contributed by atoms with E-state index in [0.29, 0.717) is 19.4 Å². The number of carbonyl (C=O) groups is 3. The summed E-state index contributed by atoms with van der Waals surface area (Å²) in [4.78, 5) is 35.2. The molecule has 0 aromatic carbocycles. The van der Waals surface area contributed by atoms with E-state index in [-0.39, 0.29) is 6.54 Å². The average Bonchev–Trinajstić information content (AvgIpc) is 2.37. The van der Waals surface area contributed by atoms with E-state index in [1.165, 1.54) is 18.9 Å². The van der Waals surface area contributed by atoms with Gasteiger partial charge in [-0.15, -0.1) is 0 Å². The van der Waals surface area contributed by atoms with E-state index in [1.807, 2.05) is 0 Å². The smallest absolute Gasteiger partial charge is 0.328 e. The Kier molecular flexibility index (Phi) is 4.94. The summed E-state index contributed by atoms with van der Waals surface area (Å²) in [5.41, 5.74) is 0. The number of aliphatic carboxylic acids is 1. The highest BCUT2D eigenvalue weighted by molar-refractivity contribution is 5.83.